The van der Waals surface area contributed by atoms with Crippen molar-refractivity contribution in [2.45, 2.75) is 12.6 Å². The molecular weight excluding hydrogens is 546 g/mol. The molecule has 6 rings (SSSR count). The van der Waals surface area contributed by atoms with Gasteiger partial charge in [0.15, 0.2) is 11.5 Å². The highest BCUT2D eigenvalue weighted by Crippen LogP contribution is 2.30. The molecule has 0 unspecified atom stereocenters. The second-order valence-corrected chi connectivity index (χ2v) is 9.85. The van der Waals surface area contributed by atoms with Gasteiger partial charge < -0.3 is 25.0 Å². The Bertz CT molecular complexity index is 1730. The monoisotopic (exact) mass is 571 g/mol. The van der Waals surface area contributed by atoms with E-state index in [2.05, 4.69) is 10.6 Å². The molecule has 3 aromatic carbocycles. The van der Waals surface area contributed by atoms with Gasteiger partial charge in [0, 0.05) is 18.7 Å². The summed E-state index contributed by atoms with van der Waals surface area (Å²) in [5.41, 5.74) is 2.69. The quantitative estimate of drug-likeness (QED) is 0.311. The minimum Gasteiger partial charge on any atom is -0.497 e. The Labute approximate surface area is 240 Å². The van der Waals surface area contributed by atoms with Gasteiger partial charge in [-0.25, -0.2) is 14.8 Å². The molecule has 5 aromatic rings. The summed E-state index contributed by atoms with van der Waals surface area (Å²) in [4.78, 5) is 37.0. The second-order valence-electron chi connectivity index (χ2n) is 9.44. The summed E-state index contributed by atoms with van der Waals surface area (Å²) in [5, 5.41) is 11.8. The van der Waals surface area contributed by atoms with Gasteiger partial charge in [-0.15, -0.1) is 5.10 Å². The number of carbonyl (C=O) groups is 2. The summed E-state index contributed by atoms with van der Waals surface area (Å²) in [6.07, 6.45) is -0.511. The zero-order valence-electron chi connectivity index (χ0n) is 22.1. The maximum Gasteiger partial charge on any atom is 0.410 e. The summed E-state index contributed by atoms with van der Waals surface area (Å²) in [6, 6.07) is 21.3. The number of nitrogens with one attached hydrogen (secondary N) is 2. The number of hydrogen-bond donors (Lipinski definition) is 2. The molecular formula is C29H26ClN7O4. The number of carbonyl (C=O) groups excluding carboxylic acids is 2. The lowest BCUT2D eigenvalue weighted by Gasteiger charge is -2.23. The van der Waals surface area contributed by atoms with E-state index in [0.29, 0.717) is 46.2 Å². The first-order valence-corrected chi connectivity index (χ1v) is 13.4. The molecule has 1 atom stereocenters. The molecule has 0 spiro atoms. The zero-order valence-corrected chi connectivity index (χ0v) is 22.8. The highest BCUT2D eigenvalue weighted by Gasteiger charge is 2.30. The molecule has 208 valence electrons. The molecule has 2 aromatic heterocycles. The average molecular weight is 572 g/mol. The van der Waals surface area contributed by atoms with E-state index in [1.807, 2.05) is 60.7 Å². The number of hydrogen-bond acceptors (Lipinski definition) is 8. The van der Waals surface area contributed by atoms with Gasteiger partial charge in [0.1, 0.15) is 18.4 Å². The van der Waals surface area contributed by atoms with E-state index in [1.165, 1.54) is 9.42 Å². The van der Waals surface area contributed by atoms with Gasteiger partial charge in [0.2, 0.25) is 11.9 Å². The molecule has 0 radical (unpaired) electrons. The smallest absolute Gasteiger partial charge is 0.410 e. The van der Waals surface area contributed by atoms with E-state index < -0.39 is 12.1 Å². The Kier molecular flexibility index (Phi) is 7.26. The van der Waals surface area contributed by atoms with Crippen LogP contribution in [0.3, 0.4) is 0 Å². The van der Waals surface area contributed by atoms with Gasteiger partial charge in [-0.05, 0) is 42.0 Å². The lowest BCUT2D eigenvalue weighted by Crippen LogP contribution is -2.44. The summed E-state index contributed by atoms with van der Waals surface area (Å²) in [5.74, 6) is 1.16. The molecule has 1 aliphatic rings. The lowest BCUT2D eigenvalue weighted by molar-refractivity contribution is -0.121. The van der Waals surface area contributed by atoms with Crippen molar-refractivity contribution in [2.75, 3.05) is 32.1 Å². The number of fused-ring (bicyclic) bond motifs is 3. The number of aromatic nitrogens is 4. The van der Waals surface area contributed by atoms with E-state index >= 15 is 0 Å². The number of methoxy groups -OCH3 is 1. The van der Waals surface area contributed by atoms with Crippen molar-refractivity contribution in [3.05, 3.63) is 83.4 Å². The van der Waals surface area contributed by atoms with E-state index in [1.54, 1.807) is 19.2 Å². The van der Waals surface area contributed by atoms with Crippen LogP contribution in [-0.4, -0.2) is 69.3 Å². The molecule has 41 heavy (non-hydrogen) atoms. The molecule has 2 N–H and O–H groups in total. The molecule has 2 amide bonds. The number of halogens is 1. The van der Waals surface area contributed by atoms with Crippen LogP contribution in [0.25, 0.3) is 27.9 Å². The van der Waals surface area contributed by atoms with Crippen LogP contribution in [0.15, 0.2) is 72.8 Å². The molecule has 0 saturated carbocycles. The van der Waals surface area contributed by atoms with Gasteiger partial charge >= 0.3 is 6.09 Å². The standard InChI is InChI=1S/C29H26ClN7O4/c1-40-20-12-10-19(11-13-20)25-34-26-24-21(30)8-5-9-22(24)32-28(37(26)35-25)33-23-16-36(15-14-31-27(23)38)29(39)41-17-18-6-3-2-4-7-18/h2-13,23H,14-17H2,1H3,(H,31,38)(H,32,33)/t23-/m1/s1. The van der Waals surface area contributed by atoms with Gasteiger partial charge in [-0.1, -0.05) is 48.0 Å². The minimum atomic E-state index is -0.831. The van der Waals surface area contributed by atoms with E-state index in [0.717, 1.165) is 11.1 Å². The molecule has 1 aliphatic heterocycles. The van der Waals surface area contributed by atoms with Gasteiger partial charge in [0.05, 0.1) is 29.6 Å². The summed E-state index contributed by atoms with van der Waals surface area (Å²) >= 11 is 6.57. The molecule has 0 bridgehead atoms. The minimum absolute atomic E-state index is 0.0657. The fourth-order valence-corrected chi connectivity index (χ4v) is 4.90. The fraction of sp³-hybridized carbons (Fsp3) is 0.207. The summed E-state index contributed by atoms with van der Waals surface area (Å²) in [6.45, 7) is 0.795. The fourth-order valence-electron chi connectivity index (χ4n) is 4.64. The second kappa shape index (κ2) is 11.3. The molecule has 3 heterocycles. The highest BCUT2D eigenvalue weighted by molar-refractivity contribution is 6.36. The molecule has 1 saturated heterocycles. The molecule has 12 heteroatoms. The SMILES string of the molecule is COc1ccc(-c2nc3c4c(Cl)cccc4nc(N[C@@H]4CN(C(=O)OCc5ccccc5)CCNC4=O)n3n2)cc1. The normalized spacial score (nSPS) is 15.4. The number of anilines is 1. The number of rotatable bonds is 6. The van der Waals surface area contributed by atoms with Crippen LogP contribution in [0, 0.1) is 0 Å². The Hall–Kier alpha value is -4.90. The van der Waals surface area contributed by atoms with Crippen molar-refractivity contribution in [2.24, 2.45) is 0 Å². The first-order chi connectivity index (χ1) is 20.0. The van der Waals surface area contributed by atoms with Crippen LogP contribution in [0.1, 0.15) is 5.56 Å². The van der Waals surface area contributed by atoms with E-state index in [-0.39, 0.29) is 25.0 Å². The number of benzene rings is 3. The topological polar surface area (TPSA) is 123 Å². The predicted molar refractivity (Wildman–Crippen MR) is 154 cm³/mol. The van der Waals surface area contributed by atoms with E-state index in [4.69, 9.17) is 36.1 Å². The van der Waals surface area contributed by atoms with Crippen molar-refractivity contribution in [1.29, 1.82) is 0 Å². The van der Waals surface area contributed by atoms with Crippen LogP contribution in [0.2, 0.25) is 5.02 Å². The maximum atomic E-state index is 13.0. The summed E-state index contributed by atoms with van der Waals surface area (Å²) < 4.78 is 12.3. The number of amides is 2. The Morgan fingerprint density at radius 2 is 1.88 bits per heavy atom. The third-order valence-corrected chi connectivity index (χ3v) is 7.08. The van der Waals surface area contributed by atoms with Crippen molar-refractivity contribution >= 4 is 46.1 Å². The van der Waals surface area contributed by atoms with Crippen molar-refractivity contribution in [3.8, 4) is 17.1 Å². The van der Waals surface area contributed by atoms with Crippen molar-refractivity contribution < 1.29 is 19.1 Å². The van der Waals surface area contributed by atoms with Gasteiger partial charge in [-0.2, -0.15) is 4.52 Å². The Balaban J connectivity index is 1.32. The lowest BCUT2D eigenvalue weighted by atomic mass is 10.2. The molecule has 0 aliphatic carbocycles. The third kappa shape index (κ3) is 5.44. The van der Waals surface area contributed by atoms with Crippen molar-refractivity contribution in [1.82, 2.24) is 29.8 Å². The van der Waals surface area contributed by atoms with Crippen LogP contribution in [0.5, 0.6) is 5.75 Å². The van der Waals surface area contributed by atoms with E-state index in [9.17, 15) is 9.59 Å². The zero-order chi connectivity index (χ0) is 28.3. The third-order valence-electron chi connectivity index (χ3n) is 6.76. The first kappa shape index (κ1) is 26.3. The maximum absolute atomic E-state index is 13.0. The van der Waals surface area contributed by atoms with Crippen LogP contribution >= 0.6 is 11.6 Å². The van der Waals surface area contributed by atoms with Crippen molar-refractivity contribution in [3.63, 3.8) is 0 Å². The Morgan fingerprint density at radius 3 is 2.66 bits per heavy atom. The van der Waals surface area contributed by atoms with Crippen LogP contribution < -0.4 is 15.4 Å². The molecule has 11 nitrogen and oxygen atoms in total. The number of nitrogens with zero attached hydrogens (tertiary/aromatic N) is 5. The first-order valence-electron chi connectivity index (χ1n) is 13.0. The van der Waals surface area contributed by atoms with Gasteiger partial charge in [-0.3, -0.25) is 4.79 Å². The average Bonchev–Trinajstić information content (AvgIpc) is 3.36. The van der Waals surface area contributed by atoms with Crippen LogP contribution in [0.4, 0.5) is 10.7 Å². The predicted octanol–water partition coefficient (Wildman–Crippen LogP) is 4.16. The van der Waals surface area contributed by atoms with Crippen LogP contribution in [-0.2, 0) is 16.1 Å². The number of ether oxygens (including phenoxy) is 2. The molecule has 1 fully saturated rings. The summed E-state index contributed by atoms with van der Waals surface area (Å²) in [7, 11) is 1.60. The highest BCUT2D eigenvalue weighted by atomic mass is 35.5. The largest absolute Gasteiger partial charge is 0.497 e. The Morgan fingerprint density at radius 1 is 1.07 bits per heavy atom. The van der Waals surface area contributed by atoms with Gasteiger partial charge in [0.25, 0.3) is 0 Å².